The van der Waals surface area contributed by atoms with Crippen molar-refractivity contribution in [3.63, 3.8) is 0 Å². The van der Waals surface area contributed by atoms with E-state index in [-0.39, 0.29) is 17.2 Å². The molecule has 0 radical (unpaired) electrons. The largest absolute Gasteiger partial charge is 0.480 e. The number of hydrogen-bond acceptors (Lipinski definition) is 6. The highest BCUT2D eigenvalue weighted by Gasteiger charge is 2.26. The van der Waals surface area contributed by atoms with Crippen LogP contribution in [-0.2, 0) is 31.4 Å². The lowest BCUT2D eigenvalue weighted by Crippen LogP contribution is -2.44. The van der Waals surface area contributed by atoms with E-state index >= 15 is 0 Å². The van der Waals surface area contributed by atoms with E-state index in [1.54, 1.807) is 4.57 Å². The van der Waals surface area contributed by atoms with Crippen LogP contribution < -0.4 is 21.9 Å². The molecule has 1 saturated heterocycles. The lowest BCUT2D eigenvalue weighted by atomic mass is 10.1. The molecule has 0 bridgehead atoms. The van der Waals surface area contributed by atoms with Crippen molar-refractivity contribution in [3.05, 3.63) is 56.7 Å². The third-order valence-electron chi connectivity index (χ3n) is 5.71. The first-order valence-corrected chi connectivity index (χ1v) is 10.3. The number of fused-ring (bicyclic) bond motifs is 1. The molecule has 31 heavy (non-hydrogen) atoms. The second-order valence-corrected chi connectivity index (χ2v) is 7.95. The van der Waals surface area contributed by atoms with Gasteiger partial charge in [-0.25, -0.2) is 4.79 Å². The van der Waals surface area contributed by atoms with E-state index < -0.39 is 23.8 Å². The summed E-state index contributed by atoms with van der Waals surface area (Å²) in [4.78, 5) is 43.8. The van der Waals surface area contributed by atoms with Crippen molar-refractivity contribution in [1.82, 2.24) is 18.7 Å². The Kier molecular flexibility index (Phi) is 5.64. The molecular weight excluding hydrogens is 400 g/mol. The minimum Gasteiger partial charge on any atom is -0.480 e. The molecule has 3 N–H and O–H groups in total. The summed E-state index contributed by atoms with van der Waals surface area (Å²) in [5, 5.41) is 9.31. The highest BCUT2D eigenvalue weighted by Crippen LogP contribution is 2.23. The second kappa shape index (κ2) is 8.38. The second-order valence-electron chi connectivity index (χ2n) is 7.95. The smallest absolute Gasteiger partial charge is 0.333 e. The topological polar surface area (TPSA) is 128 Å². The van der Waals surface area contributed by atoms with E-state index in [1.807, 2.05) is 35.2 Å². The SMILES string of the molecule is Cn1c(=O)c2c(nc(N3CCCC(N)C3)n2CCc2ccccc2)n(CC(=O)O)c1=O. The summed E-state index contributed by atoms with van der Waals surface area (Å²) in [7, 11) is 1.35. The number of aliphatic carboxylic acids is 1. The van der Waals surface area contributed by atoms with E-state index in [1.165, 1.54) is 7.05 Å². The van der Waals surface area contributed by atoms with E-state index in [4.69, 9.17) is 5.73 Å². The van der Waals surface area contributed by atoms with Crippen LogP contribution in [0.25, 0.3) is 11.2 Å². The van der Waals surface area contributed by atoms with E-state index in [0.29, 0.717) is 25.5 Å². The number of anilines is 1. The number of nitrogens with zero attached hydrogens (tertiary/aromatic N) is 5. The van der Waals surface area contributed by atoms with Gasteiger partial charge >= 0.3 is 11.7 Å². The lowest BCUT2D eigenvalue weighted by Gasteiger charge is -2.31. The number of nitrogens with two attached hydrogens (primary N) is 1. The van der Waals surface area contributed by atoms with Crippen molar-refractivity contribution in [3.8, 4) is 0 Å². The average molecular weight is 426 g/mol. The summed E-state index contributed by atoms with van der Waals surface area (Å²) in [6.45, 7) is 1.20. The van der Waals surface area contributed by atoms with Gasteiger partial charge in [-0.05, 0) is 24.8 Å². The number of rotatable bonds is 6. The van der Waals surface area contributed by atoms with Crippen molar-refractivity contribution in [1.29, 1.82) is 0 Å². The Bertz CT molecular complexity index is 1230. The maximum Gasteiger partial charge on any atom is 0.333 e. The summed E-state index contributed by atoms with van der Waals surface area (Å²) >= 11 is 0. The summed E-state index contributed by atoms with van der Waals surface area (Å²) < 4.78 is 3.80. The van der Waals surface area contributed by atoms with Gasteiger partial charge in [0.15, 0.2) is 11.2 Å². The van der Waals surface area contributed by atoms with Gasteiger partial charge in [0.2, 0.25) is 5.95 Å². The Labute approximate surface area is 178 Å². The molecule has 1 aromatic carbocycles. The molecule has 1 fully saturated rings. The van der Waals surface area contributed by atoms with Crippen molar-refractivity contribution >= 4 is 23.1 Å². The van der Waals surface area contributed by atoms with E-state index in [2.05, 4.69) is 4.98 Å². The molecule has 10 heteroatoms. The number of aromatic nitrogens is 4. The fraction of sp³-hybridized carbons (Fsp3) is 0.429. The molecule has 1 aliphatic heterocycles. The Morgan fingerprint density at radius 3 is 2.65 bits per heavy atom. The average Bonchev–Trinajstić information content (AvgIpc) is 3.14. The molecule has 0 spiro atoms. The van der Waals surface area contributed by atoms with Crippen LogP contribution in [0, 0.1) is 0 Å². The number of carboxylic acid groups (broad SMARTS) is 1. The minimum atomic E-state index is -1.18. The monoisotopic (exact) mass is 426 g/mol. The van der Waals surface area contributed by atoms with Gasteiger partial charge in [0.05, 0.1) is 0 Å². The highest BCUT2D eigenvalue weighted by atomic mass is 16.4. The van der Waals surface area contributed by atoms with Gasteiger partial charge in [0, 0.05) is 32.7 Å². The van der Waals surface area contributed by atoms with Crippen LogP contribution in [-0.4, -0.2) is 48.9 Å². The molecule has 3 aromatic rings. The van der Waals surface area contributed by atoms with Gasteiger partial charge in [-0.2, -0.15) is 4.98 Å². The van der Waals surface area contributed by atoms with Gasteiger partial charge in [0.1, 0.15) is 6.54 Å². The van der Waals surface area contributed by atoms with Crippen molar-refractivity contribution in [2.75, 3.05) is 18.0 Å². The maximum atomic E-state index is 13.1. The Hall–Kier alpha value is -3.40. The normalized spacial score (nSPS) is 16.7. The molecule has 1 unspecified atom stereocenters. The predicted octanol–water partition coefficient (Wildman–Crippen LogP) is 0.152. The third kappa shape index (κ3) is 3.98. The van der Waals surface area contributed by atoms with Crippen molar-refractivity contribution < 1.29 is 9.90 Å². The van der Waals surface area contributed by atoms with E-state index in [9.17, 15) is 19.5 Å². The molecule has 10 nitrogen and oxygen atoms in total. The molecular formula is C21H26N6O4. The summed E-state index contributed by atoms with van der Waals surface area (Å²) in [6.07, 6.45) is 2.45. The third-order valence-corrected chi connectivity index (χ3v) is 5.71. The fourth-order valence-corrected chi connectivity index (χ4v) is 4.15. The zero-order valence-corrected chi connectivity index (χ0v) is 17.4. The van der Waals surface area contributed by atoms with Crippen LogP contribution in [0.3, 0.4) is 0 Å². The van der Waals surface area contributed by atoms with Crippen LogP contribution >= 0.6 is 0 Å². The number of benzene rings is 1. The molecule has 0 saturated carbocycles. The summed E-state index contributed by atoms with van der Waals surface area (Å²) in [5.74, 6) is -0.634. The van der Waals surface area contributed by atoms with E-state index in [0.717, 1.165) is 34.1 Å². The highest BCUT2D eigenvalue weighted by molar-refractivity contribution is 5.77. The Morgan fingerprint density at radius 1 is 1.23 bits per heavy atom. The number of aryl methyl sites for hydroxylation is 2. The van der Waals surface area contributed by atoms with Gasteiger partial charge in [-0.3, -0.25) is 18.7 Å². The molecule has 3 heterocycles. The first-order valence-electron chi connectivity index (χ1n) is 10.3. The van der Waals surface area contributed by atoms with Crippen LogP contribution in [0.2, 0.25) is 0 Å². The van der Waals surface area contributed by atoms with Crippen molar-refractivity contribution in [2.24, 2.45) is 12.8 Å². The number of hydrogen-bond donors (Lipinski definition) is 2. The predicted molar refractivity (Wildman–Crippen MR) is 116 cm³/mol. The Balaban J connectivity index is 1.91. The van der Waals surface area contributed by atoms with Gasteiger partial charge in [0.25, 0.3) is 5.56 Å². The maximum absolute atomic E-state index is 13.1. The van der Waals surface area contributed by atoms with Crippen LogP contribution in [0.1, 0.15) is 18.4 Å². The molecule has 0 aliphatic carbocycles. The van der Waals surface area contributed by atoms with Crippen molar-refractivity contribution in [2.45, 2.75) is 38.4 Å². The first-order chi connectivity index (χ1) is 14.9. The molecule has 1 aliphatic rings. The van der Waals surface area contributed by atoms with Crippen LogP contribution in [0.4, 0.5) is 5.95 Å². The molecule has 4 rings (SSSR count). The van der Waals surface area contributed by atoms with Gasteiger partial charge < -0.3 is 20.3 Å². The molecule has 0 amide bonds. The van der Waals surface area contributed by atoms with Gasteiger partial charge in [-0.1, -0.05) is 30.3 Å². The lowest BCUT2D eigenvalue weighted by molar-refractivity contribution is -0.137. The van der Waals surface area contributed by atoms with Crippen LogP contribution in [0.5, 0.6) is 0 Å². The fourth-order valence-electron chi connectivity index (χ4n) is 4.15. The zero-order valence-electron chi connectivity index (χ0n) is 17.4. The Morgan fingerprint density at radius 2 is 1.97 bits per heavy atom. The number of piperidine rings is 1. The molecule has 2 aromatic heterocycles. The minimum absolute atomic E-state index is 0.0137. The summed E-state index contributed by atoms with van der Waals surface area (Å²) in [6, 6.07) is 9.85. The first kappa shape index (κ1) is 20.9. The number of carbonyl (C=O) groups is 1. The number of carboxylic acids is 1. The quantitative estimate of drug-likeness (QED) is 0.574. The zero-order chi connectivity index (χ0) is 22.1. The number of imidazole rings is 1. The molecule has 1 atom stereocenters. The van der Waals surface area contributed by atoms with Crippen LogP contribution in [0.15, 0.2) is 39.9 Å². The summed E-state index contributed by atoms with van der Waals surface area (Å²) in [5.41, 5.74) is 6.40. The van der Waals surface area contributed by atoms with Gasteiger partial charge in [-0.15, -0.1) is 0 Å². The standard InChI is InChI=1S/C21H26N6O4/c1-24-19(30)17-18(27(21(24)31)13-16(28)29)23-20(25-10-5-8-15(22)12-25)26(17)11-9-14-6-3-2-4-7-14/h2-4,6-7,15H,5,8-13,22H2,1H3,(H,28,29). The molecule has 164 valence electrons.